The van der Waals surface area contributed by atoms with Gasteiger partial charge in [0, 0.05) is 24.6 Å². The lowest BCUT2D eigenvalue weighted by Gasteiger charge is -2.25. The van der Waals surface area contributed by atoms with E-state index in [1.54, 1.807) is 0 Å². The third kappa shape index (κ3) is 1.16. The van der Waals surface area contributed by atoms with Gasteiger partial charge in [-0.05, 0) is 18.6 Å². The quantitative estimate of drug-likeness (QED) is 0.583. The van der Waals surface area contributed by atoms with Crippen molar-refractivity contribution < 1.29 is 4.24 Å². The summed E-state index contributed by atoms with van der Waals surface area (Å²) in [6, 6.07) is 6.32. The van der Waals surface area contributed by atoms with Gasteiger partial charge in [0.1, 0.15) is 0 Å². The molecule has 2 aliphatic rings. The van der Waals surface area contributed by atoms with Crippen LogP contribution in [0.3, 0.4) is 0 Å². The van der Waals surface area contributed by atoms with E-state index in [9.17, 15) is 0 Å². The van der Waals surface area contributed by atoms with Gasteiger partial charge < -0.3 is 5.32 Å². The minimum Gasteiger partial charge on any atom is -0.670 e. The van der Waals surface area contributed by atoms with Crippen molar-refractivity contribution in [3.63, 3.8) is 0 Å². The highest BCUT2D eigenvalue weighted by molar-refractivity contribution is 5.75. The van der Waals surface area contributed by atoms with Gasteiger partial charge in [0.25, 0.3) is 0 Å². The maximum Gasteiger partial charge on any atom is 0.217 e. The fourth-order valence-electron chi connectivity index (χ4n) is 2.39. The molecule has 0 radical (unpaired) electrons. The van der Waals surface area contributed by atoms with Crippen molar-refractivity contribution >= 4 is 5.57 Å². The van der Waals surface area contributed by atoms with Gasteiger partial charge in [-0.3, -0.25) is 0 Å². The molecule has 2 heteroatoms. The molecule has 2 nitrogen and oxygen atoms in total. The molecule has 2 aliphatic heterocycles. The Labute approximate surface area is 95.0 Å². The first kappa shape index (κ1) is 9.40. The Morgan fingerprint density at radius 1 is 1.31 bits per heavy atom. The first-order valence-electron chi connectivity index (χ1n) is 5.58. The summed E-state index contributed by atoms with van der Waals surface area (Å²) in [4.78, 5) is 0. The SMILES string of the molecule is CC1=[n+]2ccccc2=C2C=C[N-]C=C2C1C. The molecule has 1 unspecified atom stereocenters. The van der Waals surface area contributed by atoms with E-state index in [1.165, 1.54) is 22.2 Å². The first-order valence-corrected chi connectivity index (χ1v) is 5.58. The third-order valence-electron chi connectivity index (χ3n) is 3.46. The smallest absolute Gasteiger partial charge is 0.217 e. The number of nitrogens with zero attached hydrogens (tertiary/aromatic N) is 2. The van der Waals surface area contributed by atoms with Gasteiger partial charge >= 0.3 is 0 Å². The van der Waals surface area contributed by atoms with E-state index < -0.39 is 0 Å². The zero-order valence-electron chi connectivity index (χ0n) is 9.51. The molecular weight excluding hydrogens is 196 g/mol. The van der Waals surface area contributed by atoms with E-state index in [0.717, 1.165) is 0 Å². The molecule has 0 aromatic carbocycles. The van der Waals surface area contributed by atoms with Crippen LogP contribution in [0.1, 0.15) is 13.8 Å². The van der Waals surface area contributed by atoms with Crippen LogP contribution in [-0.2, 0) is 0 Å². The second-order valence-electron chi connectivity index (χ2n) is 4.28. The largest absolute Gasteiger partial charge is 0.670 e. The number of hydrogen-bond donors (Lipinski definition) is 0. The predicted molar refractivity (Wildman–Crippen MR) is 63.7 cm³/mol. The van der Waals surface area contributed by atoms with Crippen LogP contribution in [-0.4, -0.2) is 0 Å². The summed E-state index contributed by atoms with van der Waals surface area (Å²) in [5, 5.41) is 5.49. The number of aromatic nitrogens is 1. The zero-order chi connectivity index (χ0) is 11.1. The van der Waals surface area contributed by atoms with E-state index in [0.29, 0.717) is 5.92 Å². The highest BCUT2D eigenvalue weighted by atomic mass is 14.9. The van der Waals surface area contributed by atoms with E-state index in [-0.39, 0.29) is 0 Å². The van der Waals surface area contributed by atoms with Crippen LogP contribution in [0.25, 0.3) is 10.9 Å². The minimum absolute atomic E-state index is 0.434. The molecular formula is C14H14N2. The van der Waals surface area contributed by atoms with Gasteiger partial charge in [-0.2, -0.15) is 16.6 Å². The summed E-state index contributed by atoms with van der Waals surface area (Å²) < 4.78 is 2.27. The van der Waals surface area contributed by atoms with E-state index >= 15 is 0 Å². The Balaban J connectivity index is 2.51. The van der Waals surface area contributed by atoms with Crippen molar-refractivity contribution in [3.05, 3.63) is 64.8 Å². The number of rotatable bonds is 0. The maximum atomic E-state index is 4.23. The van der Waals surface area contributed by atoms with E-state index in [2.05, 4.69) is 53.9 Å². The molecule has 0 saturated heterocycles. The van der Waals surface area contributed by atoms with Crippen LogP contribution in [0.2, 0.25) is 0 Å². The average molecular weight is 210 g/mol. The summed E-state index contributed by atoms with van der Waals surface area (Å²) in [7, 11) is 0. The molecule has 16 heavy (non-hydrogen) atoms. The lowest BCUT2D eigenvalue weighted by Crippen LogP contribution is -2.46. The normalized spacial score (nSPS) is 22.1. The molecule has 0 fully saturated rings. The summed E-state index contributed by atoms with van der Waals surface area (Å²) >= 11 is 0. The van der Waals surface area contributed by atoms with E-state index in [4.69, 9.17) is 0 Å². The van der Waals surface area contributed by atoms with Crippen LogP contribution < -0.4 is 9.59 Å². The molecule has 0 aliphatic carbocycles. The second-order valence-corrected chi connectivity index (χ2v) is 4.28. The minimum atomic E-state index is 0.434. The van der Waals surface area contributed by atoms with Crippen molar-refractivity contribution in [1.29, 1.82) is 0 Å². The number of pyridine rings is 1. The van der Waals surface area contributed by atoms with Gasteiger partial charge in [0.15, 0.2) is 11.9 Å². The Morgan fingerprint density at radius 3 is 3.06 bits per heavy atom. The topological polar surface area (TPSA) is 20.0 Å². The van der Waals surface area contributed by atoms with Crippen molar-refractivity contribution in [3.8, 4) is 0 Å². The summed E-state index contributed by atoms with van der Waals surface area (Å²) in [6.07, 6.45) is 8.08. The van der Waals surface area contributed by atoms with Crippen molar-refractivity contribution in [2.75, 3.05) is 0 Å². The fourth-order valence-corrected chi connectivity index (χ4v) is 2.39. The summed E-state index contributed by atoms with van der Waals surface area (Å²) in [5.74, 6) is 0.434. The molecule has 3 rings (SSSR count). The van der Waals surface area contributed by atoms with Gasteiger partial charge in [-0.25, -0.2) is 0 Å². The molecule has 3 heterocycles. The molecule has 1 aromatic rings. The lowest BCUT2D eigenvalue weighted by molar-refractivity contribution is -0.543. The monoisotopic (exact) mass is 210 g/mol. The molecule has 1 atom stereocenters. The van der Waals surface area contributed by atoms with Crippen LogP contribution in [0.5, 0.6) is 0 Å². The Bertz CT molecular complexity index is 620. The van der Waals surface area contributed by atoms with Gasteiger partial charge in [-0.1, -0.05) is 6.08 Å². The molecule has 0 amide bonds. The lowest BCUT2D eigenvalue weighted by atomic mass is 9.87. The first-order chi connectivity index (χ1) is 7.79. The molecule has 0 N–H and O–H groups in total. The highest BCUT2D eigenvalue weighted by Crippen LogP contribution is 2.29. The predicted octanol–water partition coefficient (Wildman–Crippen LogP) is 1.96. The summed E-state index contributed by atoms with van der Waals surface area (Å²) in [6.45, 7) is 4.42. The Kier molecular flexibility index (Phi) is 1.96. The number of allylic oxidation sites excluding steroid dienone is 2. The average Bonchev–Trinajstić information content (AvgIpc) is 2.36. The highest BCUT2D eigenvalue weighted by Gasteiger charge is 2.25. The molecule has 1 aromatic heterocycles. The molecule has 0 spiro atoms. The van der Waals surface area contributed by atoms with Crippen LogP contribution in [0, 0.1) is 11.6 Å². The molecule has 0 bridgehead atoms. The van der Waals surface area contributed by atoms with Crippen molar-refractivity contribution in [2.45, 2.75) is 13.8 Å². The Morgan fingerprint density at radius 2 is 2.19 bits per heavy atom. The number of fused-ring (bicyclic) bond motifs is 2. The fraction of sp³-hybridized carbons (Fsp3) is 0.214. The zero-order valence-corrected chi connectivity index (χ0v) is 9.51. The molecule has 0 saturated carbocycles. The van der Waals surface area contributed by atoms with Crippen LogP contribution >= 0.6 is 0 Å². The third-order valence-corrected chi connectivity index (χ3v) is 3.46. The molecule has 80 valence electrons. The Hall–Kier alpha value is -1.83. The van der Waals surface area contributed by atoms with Gasteiger partial charge in [-0.15, -0.1) is 0 Å². The second kappa shape index (κ2) is 3.34. The standard InChI is InChI=1S/C14H14N2/c1-10-11(2)16-8-4-3-5-14(16)12-6-7-15-9-13(10)12/h3-10H,1-2H3. The van der Waals surface area contributed by atoms with Crippen molar-refractivity contribution in [2.24, 2.45) is 5.92 Å². The summed E-state index contributed by atoms with van der Waals surface area (Å²) in [5.41, 5.74) is 3.98. The van der Waals surface area contributed by atoms with Crippen molar-refractivity contribution in [1.82, 2.24) is 0 Å². The van der Waals surface area contributed by atoms with Gasteiger partial charge in [0.05, 0.1) is 5.92 Å². The van der Waals surface area contributed by atoms with Crippen LogP contribution in [0.15, 0.2) is 48.4 Å². The van der Waals surface area contributed by atoms with E-state index in [1.807, 2.05) is 12.4 Å². The maximum absolute atomic E-state index is 4.23. The number of hydrogen-bond acceptors (Lipinski definition) is 0. The van der Waals surface area contributed by atoms with Gasteiger partial charge in [0.2, 0.25) is 5.35 Å². The van der Waals surface area contributed by atoms with Crippen LogP contribution in [0.4, 0.5) is 0 Å².